The Hall–Kier alpha value is -1.53. The molecular formula is C17H24N2O3S. The summed E-state index contributed by atoms with van der Waals surface area (Å²) in [4.78, 5) is 24.0. The standard InChI is InChI=1S/C17H24N2O3S/c1-12(23-2)16(20)18-10-13-5-3-6-14(9-13)17(21)19-11-15-7-4-8-22-15/h3,5-6,9,12,15H,4,7-8,10-11H2,1-2H3,(H,18,20)(H,19,21)/t12-,15-/m1/s1. The van der Waals surface area contributed by atoms with E-state index in [4.69, 9.17) is 4.74 Å². The maximum Gasteiger partial charge on any atom is 0.251 e. The average molecular weight is 336 g/mol. The van der Waals surface area contributed by atoms with Crippen molar-refractivity contribution >= 4 is 23.6 Å². The summed E-state index contributed by atoms with van der Waals surface area (Å²) in [7, 11) is 0. The van der Waals surface area contributed by atoms with Gasteiger partial charge in [0.25, 0.3) is 5.91 Å². The molecule has 1 saturated heterocycles. The molecule has 1 aromatic rings. The lowest BCUT2D eigenvalue weighted by Gasteiger charge is -2.12. The van der Waals surface area contributed by atoms with Crippen molar-refractivity contribution in [1.82, 2.24) is 10.6 Å². The first-order valence-corrected chi connectivity index (χ1v) is 9.18. The molecule has 0 aromatic heterocycles. The number of benzene rings is 1. The molecule has 0 radical (unpaired) electrons. The van der Waals surface area contributed by atoms with Crippen molar-refractivity contribution in [3.63, 3.8) is 0 Å². The van der Waals surface area contributed by atoms with E-state index in [2.05, 4.69) is 10.6 Å². The summed E-state index contributed by atoms with van der Waals surface area (Å²) in [5.41, 5.74) is 1.52. The minimum atomic E-state index is -0.105. The molecule has 0 unspecified atom stereocenters. The van der Waals surface area contributed by atoms with Gasteiger partial charge in [0, 0.05) is 25.3 Å². The fourth-order valence-corrected chi connectivity index (χ4v) is 2.67. The molecular weight excluding hydrogens is 312 g/mol. The van der Waals surface area contributed by atoms with Crippen molar-refractivity contribution < 1.29 is 14.3 Å². The van der Waals surface area contributed by atoms with Crippen molar-refractivity contribution in [2.45, 2.75) is 37.7 Å². The van der Waals surface area contributed by atoms with Crippen LogP contribution in [-0.2, 0) is 16.1 Å². The first-order chi connectivity index (χ1) is 11.1. The summed E-state index contributed by atoms with van der Waals surface area (Å²) in [6.45, 7) is 3.63. The van der Waals surface area contributed by atoms with Gasteiger partial charge in [-0.3, -0.25) is 9.59 Å². The van der Waals surface area contributed by atoms with Crippen LogP contribution in [0.15, 0.2) is 24.3 Å². The van der Waals surface area contributed by atoms with E-state index in [9.17, 15) is 9.59 Å². The second-order valence-electron chi connectivity index (χ2n) is 5.64. The summed E-state index contributed by atoms with van der Waals surface area (Å²) in [5, 5.41) is 5.71. The number of rotatable bonds is 7. The van der Waals surface area contributed by atoms with Gasteiger partial charge in [-0.05, 0) is 43.7 Å². The summed E-state index contributed by atoms with van der Waals surface area (Å²) < 4.78 is 5.50. The van der Waals surface area contributed by atoms with Crippen molar-refractivity contribution in [3.05, 3.63) is 35.4 Å². The maximum absolute atomic E-state index is 12.2. The highest BCUT2D eigenvalue weighted by Crippen LogP contribution is 2.11. The van der Waals surface area contributed by atoms with Gasteiger partial charge in [-0.15, -0.1) is 0 Å². The van der Waals surface area contributed by atoms with E-state index in [1.165, 1.54) is 11.8 Å². The van der Waals surface area contributed by atoms with Crippen LogP contribution in [0, 0.1) is 0 Å². The number of nitrogens with one attached hydrogen (secondary N) is 2. The van der Waals surface area contributed by atoms with Crippen LogP contribution in [0.2, 0.25) is 0 Å². The molecule has 2 rings (SSSR count). The lowest BCUT2D eigenvalue weighted by molar-refractivity contribution is -0.120. The molecule has 0 saturated carbocycles. The molecule has 5 nitrogen and oxygen atoms in total. The van der Waals surface area contributed by atoms with E-state index in [-0.39, 0.29) is 23.2 Å². The minimum Gasteiger partial charge on any atom is -0.376 e. The lowest BCUT2D eigenvalue weighted by Crippen LogP contribution is -2.32. The normalized spacial score (nSPS) is 18.4. The molecule has 0 aliphatic carbocycles. The predicted molar refractivity (Wildman–Crippen MR) is 92.6 cm³/mol. The minimum absolute atomic E-state index is 0.00531. The Morgan fingerprint density at radius 2 is 2.22 bits per heavy atom. The fraction of sp³-hybridized carbons (Fsp3) is 0.529. The molecule has 0 bridgehead atoms. The van der Waals surface area contributed by atoms with E-state index in [1.54, 1.807) is 6.07 Å². The monoisotopic (exact) mass is 336 g/mol. The molecule has 1 fully saturated rings. The SMILES string of the molecule is CS[C@H](C)C(=O)NCc1cccc(C(=O)NC[C@H]2CCCO2)c1. The number of hydrogen-bond donors (Lipinski definition) is 2. The maximum atomic E-state index is 12.2. The first-order valence-electron chi connectivity index (χ1n) is 7.89. The Balaban J connectivity index is 1.85. The van der Waals surface area contributed by atoms with Gasteiger partial charge in [-0.25, -0.2) is 0 Å². The zero-order valence-corrected chi connectivity index (χ0v) is 14.4. The van der Waals surface area contributed by atoms with Crippen LogP contribution >= 0.6 is 11.8 Å². The summed E-state index contributed by atoms with van der Waals surface area (Å²) in [6.07, 6.45) is 4.10. The van der Waals surface area contributed by atoms with E-state index in [0.717, 1.165) is 25.0 Å². The van der Waals surface area contributed by atoms with Gasteiger partial charge in [0.15, 0.2) is 0 Å². The van der Waals surface area contributed by atoms with Gasteiger partial charge < -0.3 is 15.4 Å². The molecule has 1 aromatic carbocycles. The molecule has 23 heavy (non-hydrogen) atoms. The Kier molecular flexibility index (Phi) is 6.92. The van der Waals surface area contributed by atoms with Crippen LogP contribution in [0.5, 0.6) is 0 Å². The molecule has 126 valence electrons. The molecule has 0 spiro atoms. The third-order valence-corrected chi connectivity index (χ3v) is 4.81. The molecule has 1 heterocycles. The zero-order chi connectivity index (χ0) is 16.7. The second kappa shape index (κ2) is 8.93. The highest BCUT2D eigenvalue weighted by atomic mass is 32.2. The van der Waals surface area contributed by atoms with Gasteiger partial charge >= 0.3 is 0 Å². The molecule has 2 amide bonds. The number of hydrogen-bond acceptors (Lipinski definition) is 4. The fourth-order valence-electron chi connectivity index (χ4n) is 2.38. The van der Waals surface area contributed by atoms with Crippen molar-refractivity contribution in [3.8, 4) is 0 Å². The predicted octanol–water partition coefficient (Wildman–Crippen LogP) is 1.96. The van der Waals surface area contributed by atoms with Gasteiger partial charge in [0.1, 0.15) is 0 Å². The number of amides is 2. The number of carbonyl (C=O) groups is 2. The van der Waals surface area contributed by atoms with Gasteiger partial charge in [-0.2, -0.15) is 11.8 Å². The van der Waals surface area contributed by atoms with E-state index in [0.29, 0.717) is 18.7 Å². The quantitative estimate of drug-likeness (QED) is 0.799. The Labute approximate surface area is 141 Å². The van der Waals surface area contributed by atoms with Crippen LogP contribution in [-0.4, -0.2) is 42.6 Å². The second-order valence-corrected chi connectivity index (χ2v) is 6.82. The Morgan fingerprint density at radius 3 is 2.91 bits per heavy atom. The Bertz CT molecular complexity index is 544. The number of thioether (sulfide) groups is 1. The highest BCUT2D eigenvalue weighted by molar-refractivity contribution is 7.99. The summed E-state index contributed by atoms with van der Waals surface area (Å²) >= 11 is 1.51. The Morgan fingerprint density at radius 1 is 1.39 bits per heavy atom. The number of ether oxygens (including phenoxy) is 1. The molecule has 1 aliphatic rings. The smallest absolute Gasteiger partial charge is 0.251 e. The third-order valence-electron chi connectivity index (χ3n) is 3.89. The van der Waals surface area contributed by atoms with Gasteiger partial charge in [0.2, 0.25) is 5.91 Å². The number of carbonyl (C=O) groups excluding carboxylic acids is 2. The molecule has 1 aliphatic heterocycles. The van der Waals surface area contributed by atoms with Crippen molar-refractivity contribution in [1.29, 1.82) is 0 Å². The molecule has 6 heteroatoms. The highest BCUT2D eigenvalue weighted by Gasteiger charge is 2.17. The van der Waals surface area contributed by atoms with Gasteiger partial charge in [0.05, 0.1) is 11.4 Å². The van der Waals surface area contributed by atoms with E-state index < -0.39 is 0 Å². The zero-order valence-electron chi connectivity index (χ0n) is 13.6. The molecule has 2 atom stereocenters. The largest absolute Gasteiger partial charge is 0.376 e. The topological polar surface area (TPSA) is 67.4 Å². The van der Waals surface area contributed by atoms with Crippen LogP contribution in [0.25, 0.3) is 0 Å². The average Bonchev–Trinajstić information content (AvgIpc) is 3.10. The van der Waals surface area contributed by atoms with Crippen molar-refractivity contribution in [2.24, 2.45) is 0 Å². The first kappa shape index (κ1) is 17.8. The third kappa shape index (κ3) is 5.55. The van der Waals surface area contributed by atoms with E-state index in [1.807, 2.05) is 31.4 Å². The van der Waals surface area contributed by atoms with Gasteiger partial charge in [-0.1, -0.05) is 12.1 Å². The lowest BCUT2D eigenvalue weighted by atomic mass is 10.1. The van der Waals surface area contributed by atoms with Crippen LogP contribution in [0.4, 0.5) is 0 Å². The van der Waals surface area contributed by atoms with Crippen LogP contribution in [0.3, 0.4) is 0 Å². The summed E-state index contributed by atoms with van der Waals surface area (Å²) in [5.74, 6) is -0.100. The summed E-state index contributed by atoms with van der Waals surface area (Å²) in [6, 6.07) is 7.33. The van der Waals surface area contributed by atoms with Crippen molar-refractivity contribution in [2.75, 3.05) is 19.4 Å². The molecule has 2 N–H and O–H groups in total. The van der Waals surface area contributed by atoms with Crippen LogP contribution in [0.1, 0.15) is 35.7 Å². The van der Waals surface area contributed by atoms with E-state index >= 15 is 0 Å². The van der Waals surface area contributed by atoms with Crippen LogP contribution < -0.4 is 10.6 Å².